The number of sulfonamides is 1. The maximum atomic E-state index is 12.6. The summed E-state index contributed by atoms with van der Waals surface area (Å²) in [6, 6.07) is 9.65. The fourth-order valence-corrected chi connectivity index (χ4v) is 5.78. The van der Waals surface area contributed by atoms with Crippen LogP contribution in [0.25, 0.3) is 0 Å². The Hall–Kier alpha value is -1.44. The number of hydrogen-bond acceptors (Lipinski definition) is 4. The van der Waals surface area contributed by atoms with E-state index in [2.05, 4.69) is 4.90 Å². The molecule has 2 aliphatic heterocycles. The van der Waals surface area contributed by atoms with Gasteiger partial charge in [-0.1, -0.05) is 18.2 Å². The van der Waals surface area contributed by atoms with Crippen LogP contribution in [0.5, 0.6) is 0 Å². The van der Waals surface area contributed by atoms with Crippen LogP contribution in [0.15, 0.2) is 30.3 Å². The number of likely N-dealkylation sites (N-methyl/N-ethyl adjacent to an activating group) is 1. The van der Waals surface area contributed by atoms with Gasteiger partial charge in [-0.25, -0.2) is 8.42 Å². The summed E-state index contributed by atoms with van der Waals surface area (Å²) in [6.07, 6.45) is 2.35. The van der Waals surface area contributed by atoms with Gasteiger partial charge in [0, 0.05) is 25.3 Å². The molecule has 2 heterocycles. The van der Waals surface area contributed by atoms with E-state index in [0.717, 1.165) is 24.9 Å². The Morgan fingerprint density at radius 3 is 2.50 bits per heavy atom. The lowest BCUT2D eigenvalue weighted by atomic mass is 9.92. The maximum absolute atomic E-state index is 12.6. The van der Waals surface area contributed by atoms with Gasteiger partial charge >= 0.3 is 0 Å². The van der Waals surface area contributed by atoms with Crippen molar-refractivity contribution in [2.75, 3.05) is 38.1 Å². The highest BCUT2D eigenvalue weighted by Crippen LogP contribution is 2.38. The van der Waals surface area contributed by atoms with Crippen molar-refractivity contribution in [2.45, 2.75) is 30.1 Å². The van der Waals surface area contributed by atoms with Gasteiger partial charge in [-0.15, -0.1) is 0 Å². The van der Waals surface area contributed by atoms with Crippen LogP contribution in [0.2, 0.25) is 0 Å². The average Bonchev–Trinajstić information content (AvgIpc) is 3.34. The molecule has 4 rings (SSSR count). The molecule has 24 heavy (non-hydrogen) atoms. The number of para-hydroxylation sites is 1. The molecule has 7 heteroatoms. The average molecular weight is 349 g/mol. The summed E-state index contributed by atoms with van der Waals surface area (Å²) in [4.78, 5) is 16.4. The first kappa shape index (κ1) is 16.1. The number of amides is 1. The second-order valence-corrected chi connectivity index (χ2v) is 9.44. The van der Waals surface area contributed by atoms with Crippen molar-refractivity contribution >= 4 is 21.6 Å². The van der Waals surface area contributed by atoms with Crippen molar-refractivity contribution in [2.24, 2.45) is 0 Å². The third kappa shape index (κ3) is 2.55. The van der Waals surface area contributed by atoms with E-state index in [4.69, 9.17) is 0 Å². The first-order valence-electron chi connectivity index (χ1n) is 8.48. The Bertz CT molecular complexity index is 748. The summed E-state index contributed by atoms with van der Waals surface area (Å²) in [5.41, 5.74) is 0.601. The van der Waals surface area contributed by atoms with Gasteiger partial charge in [-0.2, -0.15) is 4.31 Å². The number of piperazine rings is 1. The van der Waals surface area contributed by atoms with E-state index in [0.29, 0.717) is 26.2 Å². The summed E-state index contributed by atoms with van der Waals surface area (Å²) in [7, 11) is -1.22. The number of hydrogen-bond donors (Lipinski definition) is 0. The minimum absolute atomic E-state index is 0.0674. The minimum atomic E-state index is -3.16. The lowest BCUT2D eigenvalue weighted by molar-refractivity contribution is -0.123. The van der Waals surface area contributed by atoms with E-state index in [-0.39, 0.29) is 16.7 Å². The third-order valence-electron chi connectivity index (χ3n) is 5.61. The quantitative estimate of drug-likeness (QED) is 0.814. The molecule has 1 saturated carbocycles. The molecule has 0 bridgehead atoms. The van der Waals surface area contributed by atoms with Crippen molar-refractivity contribution in [3.05, 3.63) is 30.3 Å². The lowest BCUT2D eigenvalue weighted by Gasteiger charge is -2.46. The van der Waals surface area contributed by atoms with Gasteiger partial charge in [0.05, 0.1) is 17.3 Å². The first-order chi connectivity index (χ1) is 11.4. The van der Waals surface area contributed by atoms with Crippen molar-refractivity contribution in [3.63, 3.8) is 0 Å². The van der Waals surface area contributed by atoms with Gasteiger partial charge < -0.3 is 4.90 Å². The summed E-state index contributed by atoms with van der Waals surface area (Å²) in [6.45, 7) is 1.91. The fraction of sp³-hybridized carbons (Fsp3) is 0.588. The van der Waals surface area contributed by atoms with E-state index in [1.807, 2.05) is 42.3 Å². The number of nitrogens with zero attached hydrogens (tertiary/aromatic N) is 3. The zero-order chi connectivity index (χ0) is 16.9. The smallest absolute Gasteiger partial charge is 0.241 e. The highest BCUT2D eigenvalue weighted by atomic mass is 32.2. The molecule has 1 unspecified atom stereocenters. The number of anilines is 1. The summed E-state index contributed by atoms with van der Waals surface area (Å²) >= 11 is 0. The van der Waals surface area contributed by atoms with Crippen LogP contribution < -0.4 is 4.90 Å². The predicted octanol–water partition coefficient (Wildman–Crippen LogP) is 0.902. The van der Waals surface area contributed by atoms with Crippen LogP contribution in [0.3, 0.4) is 0 Å². The van der Waals surface area contributed by atoms with E-state index < -0.39 is 10.0 Å². The number of carbonyl (C=O) groups is 1. The molecule has 2 saturated heterocycles. The molecule has 1 atom stereocenters. The van der Waals surface area contributed by atoms with Crippen LogP contribution in [0, 0.1) is 0 Å². The predicted molar refractivity (Wildman–Crippen MR) is 92.3 cm³/mol. The zero-order valence-corrected chi connectivity index (χ0v) is 14.7. The molecular weight excluding hydrogens is 326 g/mol. The Morgan fingerprint density at radius 1 is 1.12 bits per heavy atom. The highest BCUT2D eigenvalue weighted by Gasteiger charge is 2.52. The molecular formula is C17H23N3O3S. The molecule has 0 N–H and O–H groups in total. The van der Waals surface area contributed by atoms with Crippen LogP contribution in [-0.4, -0.2) is 67.5 Å². The van der Waals surface area contributed by atoms with Crippen molar-refractivity contribution < 1.29 is 13.2 Å². The molecule has 1 spiro atoms. The summed E-state index contributed by atoms with van der Waals surface area (Å²) in [5.74, 6) is 0.0674. The van der Waals surface area contributed by atoms with E-state index in [9.17, 15) is 13.2 Å². The molecule has 1 amide bonds. The van der Waals surface area contributed by atoms with Crippen molar-refractivity contribution in [1.82, 2.24) is 9.21 Å². The molecule has 3 aliphatic rings. The zero-order valence-electron chi connectivity index (χ0n) is 13.9. The Kier molecular flexibility index (Phi) is 3.71. The topological polar surface area (TPSA) is 60.9 Å². The monoisotopic (exact) mass is 349 g/mol. The first-order valence-corrected chi connectivity index (χ1v) is 9.98. The molecule has 1 aromatic carbocycles. The standard InChI is InChI=1S/C17H23N3O3S/c1-18-11-16(21)20(14-5-3-2-4-6-14)13-17(18)9-10-19(12-17)24(22,23)15-7-8-15/h2-6,15H,7-13H2,1H3. The molecule has 6 nitrogen and oxygen atoms in total. The third-order valence-corrected chi connectivity index (χ3v) is 7.95. The van der Waals surface area contributed by atoms with E-state index in [1.54, 1.807) is 4.31 Å². The molecule has 3 fully saturated rings. The molecule has 1 aromatic rings. The maximum Gasteiger partial charge on any atom is 0.241 e. The fourth-order valence-electron chi connectivity index (χ4n) is 3.86. The van der Waals surface area contributed by atoms with Gasteiger partial charge in [0.2, 0.25) is 15.9 Å². The molecule has 0 aromatic heterocycles. The highest BCUT2D eigenvalue weighted by molar-refractivity contribution is 7.90. The molecule has 1 aliphatic carbocycles. The van der Waals surface area contributed by atoms with Crippen LogP contribution in [-0.2, 0) is 14.8 Å². The Balaban J connectivity index is 1.59. The SMILES string of the molecule is CN1CC(=O)N(c2ccccc2)CC12CCN(S(=O)(=O)C1CC1)C2. The summed E-state index contributed by atoms with van der Waals surface area (Å²) in [5, 5.41) is -0.173. The Labute approximate surface area is 143 Å². The van der Waals surface area contributed by atoms with Gasteiger partial charge in [-0.05, 0) is 38.4 Å². The summed E-state index contributed by atoms with van der Waals surface area (Å²) < 4.78 is 26.8. The van der Waals surface area contributed by atoms with Gasteiger partial charge in [0.25, 0.3) is 0 Å². The Morgan fingerprint density at radius 2 is 1.83 bits per heavy atom. The minimum Gasteiger partial charge on any atom is -0.309 e. The van der Waals surface area contributed by atoms with Crippen LogP contribution >= 0.6 is 0 Å². The van der Waals surface area contributed by atoms with Crippen LogP contribution in [0.4, 0.5) is 5.69 Å². The van der Waals surface area contributed by atoms with Gasteiger partial charge in [-0.3, -0.25) is 9.69 Å². The van der Waals surface area contributed by atoms with Crippen LogP contribution in [0.1, 0.15) is 19.3 Å². The number of rotatable bonds is 3. The second kappa shape index (κ2) is 5.54. The second-order valence-electron chi connectivity index (χ2n) is 7.22. The van der Waals surface area contributed by atoms with E-state index in [1.165, 1.54) is 0 Å². The molecule has 130 valence electrons. The van der Waals surface area contributed by atoms with Gasteiger partial charge in [0.1, 0.15) is 0 Å². The number of benzene rings is 1. The largest absolute Gasteiger partial charge is 0.309 e. The lowest BCUT2D eigenvalue weighted by Crippen LogP contribution is -2.64. The van der Waals surface area contributed by atoms with E-state index >= 15 is 0 Å². The normalized spacial score (nSPS) is 29.5. The van der Waals surface area contributed by atoms with Crippen molar-refractivity contribution in [1.29, 1.82) is 0 Å². The number of carbonyl (C=O) groups excluding carboxylic acids is 1. The molecule has 0 radical (unpaired) electrons. The van der Waals surface area contributed by atoms with Gasteiger partial charge in [0.15, 0.2) is 0 Å². The van der Waals surface area contributed by atoms with Crippen molar-refractivity contribution in [3.8, 4) is 0 Å².